The van der Waals surface area contributed by atoms with Crippen LogP contribution < -0.4 is 0 Å². The van der Waals surface area contributed by atoms with Crippen molar-refractivity contribution in [3.8, 4) is 0 Å². The average Bonchev–Trinajstić information content (AvgIpc) is 2.94. The third-order valence-corrected chi connectivity index (χ3v) is 8.38. The Bertz CT molecular complexity index is 519. The molecule has 0 aromatic rings. The molecule has 0 heterocycles. The van der Waals surface area contributed by atoms with E-state index in [1.54, 1.807) is 0 Å². The van der Waals surface area contributed by atoms with Gasteiger partial charge in [-0.15, -0.1) is 0 Å². The van der Waals surface area contributed by atoms with E-state index in [-0.39, 0.29) is 0 Å². The second kappa shape index (κ2) is 37.0. The van der Waals surface area contributed by atoms with Crippen LogP contribution in [0.5, 0.6) is 0 Å². The summed E-state index contributed by atoms with van der Waals surface area (Å²) in [4.78, 5) is 20.7. The molecule has 1 unspecified atom stereocenters. The SMILES string of the molecule is CCCCCCCCC(C)CCCCCCCCC(=O)O.CCCCCCCCCCCCCCCCCC(=O)O. The van der Waals surface area contributed by atoms with Crippen molar-refractivity contribution in [2.75, 3.05) is 0 Å². The molecule has 0 rings (SSSR count). The van der Waals surface area contributed by atoms with E-state index in [4.69, 9.17) is 10.2 Å². The van der Waals surface area contributed by atoms with Crippen molar-refractivity contribution in [2.45, 2.75) is 220 Å². The second-order valence-corrected chi connectivity index (χ2v) is 12.8. The third kappa shape index (κ3) is 43.5. The van der Waals surface area contributed by atoms with Gasteiger partial charge in [-0.2, -0.15) is 0 Å². The largest absolute Gasteiger partial charge is 0.481 e. The smallest absolute Gasteiger partial charge is 0.303 e. The summed E-state index contributed by atoms with van der Waals surface area (Å²) in [7, 11) is 0. The fourth-order valence-electron chi connectivity index (χ4n) is 5.54. The first-order valence-corrected chi connectivity index (χ1v) is 18.4. The number of carbonyl (C=O) groups is 2. The number of carboxylic acid groups (broad SMARTS) is 2. The molecule has 0 aliphatic heterocycles. The van der Waals surface area contributed by atoms with Gasteiger partial charge in [0.1, 0.15) is 0 Å². The quantitative estimate of drug-likeness (QED) is 0.0773. The lowest BCUT2D eigenvalue weighted by atomic mass is 9.96. The molecule has 0 aromatic heterocycles. The highest BCUT2D eigenvalue weighted by Crippen LogP contribution is 2.19. The van der Waals surface area contributed by atoms with E-state index >= 15 is 0 Å². The topological polar surface area (TPSA) is 74.6 Å². The van der Waals surface area contributed by atoms with Crippen molar-refractivity contribution in [3.05, 3.63) is 0 Å². The first kappa shape index (κ1) is 42.1. The summed E-state index contributed by atoms with van der Waals surface area (Å²) in [6.45, 7) is 6.94. The van der Waals surface area contributed by atoms with Crippen LogP contribution in [-0.2, 0) is 9.59 Å². The van der Waals surface area contributed by atoms with E-state index in [0.717, 1.165) is 31.6 Å². The van der Waals surface area contributed by atoms with Gasteiger partial charge in [-0.1, -0.05) is 194 Å². The lowest BCUT2D eigenvalue weighted by Gasteiger charge is -2.11. The summed E-state index contributed by atoms with van der Waals surface area (Å²) < 4.78 is 0. The molecule has 0 aliphatic carbocycles. The number of aliphatic carboxylic acids is 2. The van der Waals surface area contributed by atoms with Crippen LogP contribution in [0.25, 0.3) is 0 Å². The Hall–Kier alpha value is -1.06. The van der Waals surface area contributed by atoms with E-state index < -0.39 is 11.9 Å². The maximum atomic E-state index is 10.4. The lowest BCUT2D eigenvalue weighted by Crippen LogP contribution is -1.95. The zero-order valence-corrected chi connectivity index (χ0v) is 28.2. The van der Waals surface area contributed by atoms with E-state index in [1.807, 2.05) is 0 Å². The van der Waals surface area contributed by atoms with Gasteiger partial charge in [0.25, 0.3) is 0 Å². The molecular weight excluding hydrogens is 508 g/mol. The highest BCUT2D eigenvalue weighted by atomic mass is 16.4. The first-order chi connectivity index (χ1) is 19.9. The van der Waals surface area contributed by atoms with Crippen LogP contribution in [0.1, 0.15) is 220 Å². The summed E-state index contributed by atoms with van der Waals surface area (Å²) in [5.41, 5.74) is 0. The molecule has 0 saturated heterocycles. The Balaban J connectivity index is 0. The van der Waals surface area contributed by atoms with E-state index in [0.29, 0.717) is 12.8 Å². The second-order valence-electron chi connectivity index (χ2n) is 12.8. The summed E-state index contributed by atoms with van der Waals surface area (Å²) in [5.74, 6) is -0.415. The van der Waals surface area contributed by atoms with Crippen molar-refractivity contribution in [2.24, 2.45) is 5.92 Å². The predicted molar refractivity (Wildman–Crippen MR) is 179 cm³/mol. The summed E-state index contributed by atoms with van der Waals surface area (Å²) in [5, 5.41) is 17.1. The number of hydrogen-bond donors (Lipinski definition) is 2. The summed E-state index contributed by atoms with van der Waals surface area (Å²) in [6, 6.07) is 0. The van der Waals surface area contributed by atoms with Gasteiger partial charge in [0.2, 0.25) is 0 Å². The zero-order valence-electron chi connectivity index (χ0n) is 28.2. The molecule has 0 saturated carbocycles. The van der Waals surface area contributed by atoms with Crippen LogP contribution in [0.15, 0.2) is 0 Å². The molecule has 2 N–H and O–H groups in total. The van der Waals surface area contributed by atoms with Crippen molar-refractivity contribution in [1.82, 2.24) is 0 Å². The normalized spacial score (nSPS) is 11.7. The van der Waals surface area contributed by atoms with Crippen LogP contribution in [0.2, 0.25) is 0 Å². The molecule has 0 spiro atoms. The minimum absolute atomic E-state index is 0.343. The molecule has 0 aliphatic rings. The highest BCUT2D eigenvalue weighted by Gasteiger charge is 2.03. The minimum Gasteiger partial charge on any atom is -0.481 e. The molecule has 4 heteroatoms. The van der Waals surface area contributed by atoms with Crippen LogP contribution in [0, 0.1) is 5.92 Å². The molecule has 4 nitrogen and oxygen atoms in total. The van der Waals surface area contributed by atoms with Gasteiger partial charge in [-0.25, -0.2) is 0 Å². The van der Waals surface area contributed by atoms with Crippen molar-refractivity contribution >= 4 is 11.9 Å². The fourth-order valence-corrected chi connectivity index (χ4v) is 5.54. The maximum Gasteiger partial charge on any atom is 0.303 e. The predicted octanol–water partition coefficient (Wildman–Crippen LogP) is 12.9. The van der Waals surface area contributed by atoms with Crippen molar-refractivity contribution < 1.29 is 19.8 Å². The molecule has 41 heavy (non-hydrogen) atoms. The summed E-state index contributed by atoms with van der Waals surface area (Å²) in [6.07, 6.45) is 38.9. The minimum atomic E-state index is -0.654. The van der Waals surface area contributed by atoms with Gasteiger partial charge in [0.15, 0.2) is 0 Å². The van der Waals surface area contributed by atoms with Gasteiger partial charge in [-0.05, 0) is 18.8 Å². The van der Waals surface area contributed by atoms with Crippen LogP contribution >= 0.6 is 0 Å². The molecule has 0 fully saturated rings. The number of unbranched alkanes of at least 4 members (excludes halogenated alkanes) is 24. The molecule has 246 valence electrons. The first-order valence-electron chi connectivity index (χ1n) is 18.4. The maximum absolute atomic E-state index is 10.4. The molecule has 0 aromatic carbocycles. The molecule has 0 radical (unpaired) electrons. The number of rotatable bonds is 32. The van der Waals surface area contributed by atoms with Gasteiger partial charge >= 0.3 is 11.9 Å². The van der Waals surface area contributed by atoms with Crippen LogP contribution in [0.3, 0.4) is 0 Å². The monoisotopic (exact) mass is 583 g/mol. The van der Waals surface area contributed by atoms with Gasteiger partial charge in [0.05, 0.1) is 0 Å². The zero-order chi connectivity index (χ0) is 30.7. The Morgan fingerprint density at radius 1 is 0.390 bits per heavy atom. The van der Waals surface area contributed by atoms with Gasteiger partial charge < -0.3 is 10.2 Å². The number of hydrogen-bond acceptors (Lipinski definition) is 2. The average molecular weight is 583 g/mol. The van der Waals surface area contributed by atoms with Gasteiger partial charge in [-0.3, -0.25) is 9.59 Å². The van der Waals surface area contributed by atoms with Crippen LogP contribution in [-0.4, -0.2) is 22.2 Å². The Morgan fingerprint density at radius 2 is 0.610 bits per heavy atom. The van der Waals surface area contributed by atoms with E-state index in [1.165, 1.54) is 161 Å². The Kier molecular flexibility index (Phi) is 37.9. The summed E-state index contributed by atoms with van der Waals surface area (Å²) >= 11 is 0. The van der Waals surface area contributed by atoms with Crippen molar-refractivity contribution in [3.63, 3.8) is 0 Å². The molecule has 1 atom stereocenters. The molecule has 0 bridgehead atoms. The van der Waals surface area contributed by atoms with E-state index in [2.05, 4.69) is 20.8 Å². The molecule has 0 amide bonds. The highest BCUT2D eigenvalue weighted by molar-refractivity contribution is 5.66. The molecular formula is C37H74O4. The lowest BCUT2D eigenvalue weighted by molar-refractivity contribution is -0.138. The van der Waals surface area contributed by atoms with Gasteiger partial charge in [0, 0.05) is 12.8 Å². The van der Waals surface area contributed by atoms with Crippen LogP contribution in [0.4, 0.5) is 0 Å². The third-order valence-electron chi connectivity index (χ3n) is 8.38. The standard InChI is InChI=1S/C19H38O2.C18H36O2/c1-3-4-5-6-9-12-15-18(2)16-13-10-7-8-11-14-17-19(20)21;1-2-3-4-5-6-7-8-9-10-11-12-13-14-15-16-17-18(19)20/h18H,3-17H2,1-2H3,(H,20,21);2-17H2,1H3,(H,19,20). The Labute approximate surface area is 257 Å². The Morgan fingerprint density at radius 3 is 0.854 bits per heavy atom. The fraction of sp³-hybridized carbons (Fsp3) is 0.946. The van der Waals surface area contributed by atoms with E-state index in [9.17, 15) is 9.59 Å². The van der Waals surface area contributed by atoms with Crippen molar-refractivity contribution in [1.29, 1.82) is 0 Å². The number of carboxylic acids is 2.